The fraction of sp³-hybridized carbons (Fsp3) is 0.250. The second kappa shape index (κ2) is 9.74. The lowest BCUT2D eigenvalue weighted by atomic mass is 9.92. The van der Waals surface area contributed by atoms with Crippen molar-refractivity contribution in [2.75, 3.05) is 0 Å². The van der Waals surface area contributed by atoms with Crippen LogP contribution in [0.15, 0.2) is 55.1 Å². The molecule has 3 aromatic rings. The number of hydrogen-bond acceptors (Lipinski definition) is 5. The van der Waals surface area contributed by atoms with Crippen LogP contribution >= 0.6 is 0 Å². The first-order valence-electron chi connectivity index (χ1n) is 10.4. The maximum absolute atomic E-state index is 14.9. The number of halogens is 2. The fourth-order valence-electron chi connectivity index (χ4n) is 3.69. The van der Waals surface area contributed by atoms with Crippen LogP contribution in [0, 0.1) is 5.82 Å². The number of aliphatic hydroxyl groups excluding tert-OH is 1. The Labute approximate surface area is 184 Å². The first-order valence-corrected chi connectivity index (χ1v) is 10.4. The van der Waals surface area contributed by atoms with Gasteiger partial charge >= 0.3 is 0 Å². The van der Waals surface area contributed by atoms with Gasteiger partial charge in [0.25, 0.3) is 5.91 Å². The van der Waals surface area contributed by atoms with Gasteiger partial charge in [0.05, 0.1) is 12.1 Å². The van der Waals surface area contributed by atoms with Crippen molar-refractivity contribution in [3.05, 3.63) is 77.6 Å². The summed E-state index contributed by atoms with van der Waals surface area (Å²) < 4.78 is 29.3. The quantitative estimate of drug-likeness (QED) is 0.627. The second-order valence-electron chi connectivity index (χ2n) is 7.70. The third kappa shape index (κ3) is 5.03. The molecule has 4 rings (SSSR count). The molecule has 1 fully saturated rings. The Bertz CT molecular complexity index is 1140. The highest BCUT2D eigenvalue weighted by molar-refractivity contribution is 5.95. The van der Waals surface area contributed by atoms with Crippen LogP contribution in [0.2, 0.25) is 0 Å². The molecule has 2 heterocycles. The minimum Gasteiger partial charge on any atom is -0.391 e. The van der Waals surface area contributed by atoms with Gasteiger partial charge in [-0.25, -0.2) is 18.7 Å². The van der Waals surface area contributed by atoms with E-state index in [1.807, 2.05) is 0 Å². The van der Waals surface area contributed by atoms with E-state index in [4.69, 9.17) is 0 Å². The molecule has 32 heavy (non-hydrogen) atoms. The Morgan fingerprint density at radius 3 is 2.66 bits per heavy atom. The Morgan fingerprint density at radius 1 is 1.09 bits per heavy atom. The van der Waals surface area contributed by atoms with Gasteiger partial charge in [0.1, 0.15) is 11.6 Å². The summed E-state index contributed by atoms with van der Waals surface area (Å²) in [6.07, 6.45) is 9.55. The van der Waals surface area contributed by atoms with Gasteiger partial charge < -0.3 is 10.4 Å². The Balaban J connectivity index is 1.56. The van der Waals surface area contributed by atoms with Gasteiger partial charge in [-0.05, 0) is 49.2 Å². The summed E-state index contributed by atoms with van der Waals surface area (Å²) in [5.74, 6) is -1.42. The average molecular weight is 436 g/mol. The second-order valence-corrected chi connectivity index (χ2v) is 7.70. The lowest BCUT2D eigenvalue weighted by Gasteiger charge is -2.28. The van der Waals surface area contributed by atoms with Gasteiger partial charge in [0.2, 0.25) is 0 Å². The molecule has 1 aliphatic carbocycles. The number of nitrogens with one attached hydrogen (secondary N) is 1. The molecule has 0 radical (unpaired) electrons. The van der Waals surface area contributed by atoms with E-state index in [-0.39, 0.29) is 22.7 Å². The zero-order valence-electron chi connectivity index (χ0n) is 17.2. The number of amides is 1. The minimum absolute atomic E-state index is 0.0688. The highest BCUT2D eigenvalue weighted by Gasteiger charge is 2.25. The standard InChI is InChI=1S/C24H22F2N4O2/c25-19-7-6-15(24(32)30-21-4-1-2-5-22(21)31)10-16(19)12-20(26)17-11-18(14-27-13-17)23-28-8-3-9-29-23/h3,6-14,21-22,31H,1-2,4-5H2,(H,30,32)/b20-12-/t21-,22-/m0/s1. The summed E-state index contributed by atoms with van der Waals surface area (Å²) >= 11 is 0. The van der Waals surface area contributed by atoms with Crippen LogP contribution in [-0.2, 0) is 0 Å². The number of carbonyl (C=O) groups is 1. The zero-order chi connectivity index (χ0) is 22.5. The van der Waals surface area contributed by atoms with Crippen molar-refractivity contribution in [1.29, 1.82) is 0 Å². The molecule has 1 saturated carbocycles. The molecule has 0 saturated heterocycles. The molecular weight excluding hydrogens is 414 g/mol. The van der Waals surface area contributed by atoms with E-state index in [0.29, 0.717) is 24.2 Å². The molecule has 2 atom stereocenters. The van der Waals surface area contributed by atoms with E-state index in [1.165, 1.54) is 30.6 Å². The SMILES string of the molecule is O=C(N[C@H]1CCCC[C@@H]1O)c1ccc(F)c(/C=C(\F)c2cncc(-c3ncccn3)c2)c1. The molecule has 0 unspecified atom stereocenters. The van der Waals surface area contributed by atoms with E-state index >= 15 is 0 Å². The monoisotopic (exact) mass is 436 g/mol. The predicted molar refractivity (Wildman–Crippen MR) is 116 cm³/mol. The smallest absolute Gasteiger partial charge is 0.251 e. The molecule has 2 N–H and O–H groups in total. The number of aliphatic hydroxyl groups is 1. The van der Waals surface area contributed by atoms with Crippen molar-refractivity contribution in [2.24, 2.45) is 0 Å². The Kier molecular flexibility index (Phi) is 6.61. The van der Waals surface area contributed by atoms with Gasteiger partial charge in [-0.15, -0.1) is 0 Å². The maximum atomic E-state index is 14.9. The van der Waals surface area contributed by atoms with Crippen LogP contribution in [0.4, 0.5) is 8.78 Å². The third-order valence-electron chi connectivity index (χ3n) is 5.42. The summed E-state index contributed by atoms with van der Waals surface area (Å²) in [5, 5.41) is 12.9. The molecule has 1 amide bonds. The normalized spacial score (nSPS) is 18.9. The first-order chi connectivity index (χ1) is 15.5. The van der Waals surface area contributed by atoms with Crippen molar-refractivity contribution in [2.45, 2.75) is 37.8 Å². The number of aromatic nitrogens is 3. The van der Waals surface area contributed by atoms with E-state index in [1.54, 1.807) is 18.5 Å². The van der Waals surface area contributed by atoms with Gasteiger partial charge in [-0.3, -0.25) is 9.78 Å². The van der Waals surface area contributed by atoms with E-state index < -0.39 is 23.7 Å². The van der Waals surface area contributed by atoms with Crippen LogP contribution in [0.1, 0.15) is 47.2 Å². The molecule has 0 aliphatic heterocycles. The molecule has 6 nitrogen and oxygen atoms in total. The predicted octanol–water partition coefficient (Wildman–Crippen LogP) is 4.18. The van der Waals surface area contributed by atoms with Crippen LogP contribution in [0.25, 0.3) is 23.3 Å². The Hall–Kier alpha value is -3.52. The number of benzene rings is 1. The van der Waals surface area contributed by atoms with E-state index in [2.05, 4.69) is 20.3 Å². The highest BCUT2D eigenvalue weighted by Crippen LogP contribution is 2.25. The maximum Gasteiger partial charge on any atom is 0.251 e. The average Bonchev–Trinajstić information content (AvgIpc) is 2.82. The lowest BCUT2D eigenvalue weighted by Crippen LogP contribution is -2.45. The largest absolute Gasteiger partial charge is 0.391 e. The van der Waals surface area contributed by atoms with Crippen molar-refractivity contribution < 1.29 is 18.7 Å². The van der Waals surface area contributed by atoms with Crippen LogP contribution in [0.3, 0.4) is 0 Å². The Morgan fingerprint density at radius 2 is 1.88 bits per heavy atom. The molecule has 1 aromatic carbocycles. The first kappa shape index (κ1) is 21.7. The molecule has 0 spiro atoms. The van der Waals surface area contributed by atoms with Crippen LogP contribution < -0.4 is 5.32 Å². The van der Waals surface area contributed by atoms with Crippen molar-refractivity contribution in [3.8, 4) is 11.4 Å². The van der Waals surface area contributed by atoms with Crippen molar-refractivity contribution >= 4 is 17.8 Å². The molecule has 0 bridgehead atoms. The highest BCUT2D eigenvalue weighted by atomic mass is 19.1. The summed E-state index contributed by atoms with van der Waals surface area (Å²) in [4.78, 5) is 24.9. The molecular formula is C24H22F2N4O2. The van der Waals surface area contributed by atoms with Crippen molar-refractivity contribution in [3.63, 3.8) is 0 Å². The van der Waals surface area contributed by atoms with Gasteiger partial charge in [0, 0.05) is 47.0 Å². The molecule has 8 heteroatoms. The molecule has 2 aromatic heterocycles. The fourth-order valence-corrected chi connectivity index (χ4v) is 3.69. The topological polar surface area (TPSA) is 88.0 Å². The molecule has 1 aliphatic rings. The third-order valence-corrected chi connectivity index (χ3v) is 5.42. The number of carbonyl (C=O) groups excluding carboxylic acids is 1. The number of nitrogens with zero attached hydrogens (tertiary/aromatic N) is 3. The van der Waals surface area contributed by atoms with Gasteiger partial charge in [-0.2, -0.15) is 0 Å². The summed E-state index contributed by atoms with van der Waals surface area (Å²) in [6, 6.07) is 6.60. The summed E-state index contributed by atoms with van der Waals surface area (Å²) in [6.45, 7) is 0. The minimum atomic E-state index is -0.713. The van der Waals surface area contributed by atoms with Crippen molar-refractivity contribution in [1.82, 2.24) is 20.3 Å². The lowest BCUT2D eigenvalue weighted by molar-refractivity contribution is 0.0717. The summed E-state index contributed by atoms with van der Waals surface area (Å²) in [5.41, 5.74) is 0.773. The van der Waals surface area contributed by atoms with Gasteiger partial charge in [-0.1, -0.05) is 12.8 Å². The molecule has 164 valence electrons. The van der Waals surface area contributed by atoms with E-state index in [9.17, 15) is 18.7 Å². The van der Waals surface area contributed by atoms with Gasteiger partial charge in [0.15, 0.2) is 5.82 Å². The van der Waals surface area contributed by atoms with Crippen LogP contribution in [-0.4, -0.2) is 38.1 Å². The number of pyridine rings is 1. The zero-order valence-corrected chi connectivity index (χ0v) is 17.2. The van der Waals surface area contributed by atoms with E-state index in [0.717, 1.165) is 25.0 Å². The number of hydrogen-bond donors (Lipinski definition) is 2. The number of rotatable bonds is 5. The summed E-state index contributed by atoms with van der Waals surface area (Å²) in [7, 11) is 0. The van der Waals surface area contributed by atoms with Crippen LogP contribution in [0.5, 0.6) is 0 Å².